The summed E-state index contributed by atoms with van der Waals surface area (Å²) in [6, 6.07) is 12.3. The molecule has 1 fully saturated rings. The van der Waals surface area contributed by atoms with Crippen LogP contribution in [0.5, 0.6) is 0 Å². The molecule has 92 valence electrons. The molecule has 0 bridgehead atoms. The summed E-state index contributed by atoms with van der Waals surface area (Å²) in [6.07, 6.45) is 0.889. The topological polar surface area (TPSA) is 50.8 Å². The molecule has 1 heterocycles. The fourth-order valence-corrected chi connectivity index (χ4v) is 2.59. The normalized spacial score (nSPS) is 22.0. The van der Waals surface area contributed by atoms with Crippen LogP contribution in [0.4, 0.5) is 5.69 Å². The first-order chi connectivity index (χ1) is 8.56. The van der Waals surface area contributed by atoms with Crippen LogP contribution in [0.25, 0.3) is 0 Å². The Hall–Kier alpha value is -2.00. The van der Waals surface area contributed by atoms with Crippen molar-refractivity contribution in [2.24, 2.45) is 11.3 Å². The largest absolute Gasteiger partial charge is 0.371 e. The van der Waals surface area contributed by atoms with Crippen LogP contribution in [0.15, 0.2) is 24.3 Å². The van der Waals surface area contributed by atoms with Gasteiger partial charge in [-0.15, -0.1) is 0 Å². The quantitative estimate of drug-likeness (QED) is 0.757. The van der Waals surface area contributed by atoms with E-state index in [0.29, 0.717) is 5.56 Å². The lowest BCUT2D eigenvalue weighted by atomic mass is 9.74. The van der Waals surface area contributed by atoms with Gasteiger partial charge in [-0.1, -0.05) is 19.9 Å². The van der Waals surface area contributed by atoms with Gasteiger partial charge in [0.1, 0.15) is 0 Å². The van der Waals surface area contributed by atoms with E-state index in [9.17, 15) is 0 Å². The number of anilines is 1. The predicted molar refractivity (Wildman–Crippen MR) is 70.9 cm³/mol. The number of nitriles is 2. The highest BCUT2D eigenvalue weighted by Gasteiger charge is 2.35. The third-order valence-corrected chi connectivity index (χ3v) is 3.73. The molecule has 1 aromatic rings. The molecule has 1 aromatic carbocycles. The van der Waals surface area contributed by atoms with Crippen LogP contribution in [0, 0.1) is 34.0 Å². The summed E-state index contributed by atoms with van der Waals surface area (Å²) in [5.41, 5.74) is 1.77. The minimum Gasteiger partial charge on any atom is -0.371 e. The molecule has 1 atom stereocenters. The molecule has 2 rings (SSSR count). The van der Waals surface area contributed by atoms with Crippen molar-refractivity contribution in [3.05, 3.63) is 29.8 Å². The second-order valence-electron chi connectivity index (χ2n) is 5.54. The molecule has 3 heteroatoms. The fraction of sp³-hybridized carbons (Fsp3) is 0.467. The number of hydrogen-bond donors (Lipinski definition) is 0. The SMILES string of the molecule is CC1(C)CN(c2cccc(C#N)c2)CCC1C#N. The van der Waals surface area contributed by atoms with Gasteiger partial charge in [-0.05, 0) is 30.0 Å². The highest BCUT2D eigenvalue weighted by molar-refractivity contribution is 5.52. The van der Waals surface area contributed by atoms with Crippen LogP contribution in [0.2, 0.25) is 0 Å². The van der Waals surface area contributed by atoms with E-state index in [1.807, 2.05) is 24.3 Å². The zero-order valence-corrected chi connectivity index (χ0v) is 10.8. The van der Waals surface area contributed by atoms with Crippen molar-refractivity contribution in [3.8, 4) is 12.1 Å². The van der Waals surface area contributed by atoms with Crippen molar-refractivity contribution in [2.75, 3.05) is 18.0 Å². The van der Waals surface area contributed by atoms with Gasteiger partial charge in [-0.2, -0.15) is 10.5 Å². The number of piperidine rings is 1. The summed E-state index contributed by atoms with van der Waals surface area (Å²) in [5.74, 6) is 0.118. The molecule has 0 spiro atoms. The van der Waals surface area contributed by atoms with Gasteiger partial charge in [-0.25, -0.2) is 0 Å². The first-order valence-corrected chi connectivity index (χ1v) is 6.21. The van der Waals surface area contributed by atoms with Gasteiger partial charge < -0.3 is 4.90 Å². The minimum absolute atomic E-state index is 0.00432. The third kappa shape index (κ3) is 2.31. The van der Waals surface area contributed by atoms with E-state index in [0.717, 1.165) is 25.2 Å². The number of hydrogen-bond acceptors (Lipinski definition) is 3. The zero-order valence-electron chi connectivity index (χ0n) is 10.8. The Labute approximate surface area is 108 Å². The summed E-state index contributed by atoms with van der Waals surface area (Å²) in [5, 5.41) is 18.1. The summed E-state index contributed by atoms with van der Waals surface area (Å²) in [4.78, 5) is 2.27. The lowest BCUT2D eigenvalue weighted by Gasteiger charge is -2.42. The molecule has 0 aromatic heterocycles. The molecular weight excluding hydrogens is 222 g/mol. The van der Waals surface area contributed by atoms with Crippen LogP contribution in [0.1, 0.15) is 25.8 Å². The van der Waals surface area contributed by atoms with Crippen molar-refractivity contribution in [3.63, 3.8) is 0 Å². The second kappa shape index (κ2) is 4.70. The Kier molecular flexibility index (Phi) is 3.26. The zero-order chi connectivity index (χ0) is 13.2. The Morgan fingerprint density at radius 3 is 2.72 bits per heavy atom. The van der Waals surface area contributed by atoms with Crippen LogP contribution in [-0.4, -0.2) is 13.1 Å². The summed E-state index contributed by atoms with van der Waals surface area (Å²) in [6.45, 7) is 6.03. The van der Waals surface area contributed by atoms with Crippen molar-refractivity contribution < 1.29 is 0 Å². The van der Waals surface area contributed by atoms with E-state index in [2.05, 4.69) is 30.9 Å². The molecule has 1 unspecified atom stereocenters. The Balaban J connectivity index is 2.22. The van der Waals surface area contributed by atoms with Crippen molar-refractivity contribution >= 4 is 5.69 Å². The van der Waals surface area contributed by atoms with Crippen molar-refractivity contribution in [1.29, 1.82) is 10.5 Å². The molecule has 1 saturated heterocycles. The Morgan fingerprint density at radius 2 is 2.11 bits per heavy atom. The molecule has 1 aliphatic heterocycles. The molecule has 0 radical (unpaired) electrons. The van der Waals surface area contributed by atoms with E-state index in [4.69, 9.17) is 10.5 Å². The summed E-state index contributed by atoms with van der Waals surface area (Å²) >= 11 is 0. The lowest BCUT2D eigenvalue weighted by Crippen LogP contribution is -2.45. The van der Waals surface area contributed by atoms with Gasteiger partial charge in [0.25, 0.3) is 0 Å². The fourth-order valence-electron chi connectivity index (χ4n) is 2.59. The summed E-state index contributed by atoms with van der Waals surface area (Å²) in [7, 11) is 0. The van der Waals surface area contributed by atoms with E-state index >= 15 is 0 Å². The molecule has 18 heavy (non-hydrogen) atoms. The van der Waals surface area contributed by atoms with Gasteiger partial charge in [0.2, 0.25) is 0 Å². The maximum atomic E-state index is 9.15. The van der Waals surface area contributed by atoms with Gasteiger partial charge in [-0.3, -0.25) is 0 Å². The van der Waals surface area contributed by atoms with E-state index in [1.54, 1.807) is 0 Å². The minimum atomic E-state index is -0.00432. The van der Waals surface area contributed by atoms with Crippen LogP contribution < -0.4 is 4.90 Å². The van der Waals surface area contributed by atoms with Gasteiger partial charge in [0, 0.05) is 18.8 Å². The Bertz CT molecular complexity index is 519. The lowest BCUT2D eigenvalue weighted by molar-refractivity contribution is 0.226. The number of nitrogens with zero attached hydrogens (tertiary/aromatic N) is 3. The van der Waals surface area contributed by atoms with E-state index in [1.165, 1.54) is 0 Å². The highest BCUT2D eigenvalue weighted by atomic mass is 15.1. The first-order valence-electron chi connectivity index (χ1n) is 6.21. The van der Waals surface area contributed by atoms with E-state index in [-0.39, 0.29) is 11.3 Å². The molecule has 0 saturated carbocycles. The molecule has 0 amide bonds. The molecular formula is C15H17N3. The highest BCUT2D eigenvalue weighted by Crippen LogP contribution is 2.36. The van der Waals surface area contributed by atoms with Crippen LogP contribution in [-0.2, 0) is 0 Å². The molecule has 1 aliphatic rings. The van der Waals surface area contributed by atoms with Gasteiger partial charge >= 0.3 is 0 Å². The van der Waals surface area contributed by atoms with E-state index < -0.39 is 0 Å². The van der Waals surface area contributed by atoms with Crippen LogP contribution in [0.3, 0.4) is 0 Å². The van der Waals surface area contributed by atoms with Crippen LogP contribution >= 0.6 is 0 Å². The van der Waals surface area contributed by atoms with Gasteiger partial charge in [0.05, 0.1) is 23.6 Å². The monoisotopic (exact) mass is 239 g/mol. The van der Waals surface area contributed by atoms with Crippen molar-refractivity contribution in [2.45, 2.75) is 20.3 Å². The summed E-state index contributed by atoms with van der Waals surface area (Å²) < 4.78 is 0. The third-order valence-electron chi connectivity index (χ3n) is 3.73. The second-order valence-corrected chi connectivity index (χ2v) is 5.54. The van der Waals surface area contributed by atoms with Crippen molar-refractivity contribution in [1.82, 2.24) is 0 Å². The molecule has 0 aliphatic carbocycles. The van der Waals surface area contributed by atoms with Gasteiger partial charge in [0.15, 0.2) is 0 Å². The Morgan fingerprint density at radius 1 is 1.33 bits per heavy atom. The first kappa shape index (κ1) is 12.5. The maximum Gasteiger partial charge on any atom is 0.0992 e. The predicted octanol–water partition coefficient (Wildman–Crippen LogP) is 2.93. The number of rotatable bonds is 1. The average molecular weight is 239 g/mol. The smallest absolute Gasteiger partial charge is 0.0992 e. The maximum absolute atomic E-state index is 9.15. The standard InChI is InChI=1S/C15H17N3/c1-15(2)11-18(7-6-13(15)10-17)14-5-3-4-12(8-14)9-16/h3-5,8,13H,6-7,11H2,1-2H3. The average Bonchev–Trinajstić information content (AvgIpc) is 2.37. The number of benzene rings is 1. The molecule has 0 N–H and O–H groups in total. The molecule has 3 nitrogen and oxygen atoms in total.